The van der Waals surface area contributed by atoms with Gasteiger partial charge in [0.15, 0.2) is 0 Å². The first-order chi connectivity index (χ1) is 8.49. The van der Waals surface area contributed by atoms with E-state index in [0.717, 1.165) is 8.95 Å². The fourth-order valence-electron chi connectivity index (χ4n) is 1.52. The summed E-state index contributed by atoms with van der Waals surface area (Å²) in [7, 11) is 0. The number of hydrogen-bond acceptors (Lipinski definition) is 4. The highest BCUT2D eigenvalue weighted by Crippen LogP contribution is 2.30. The quantitative estimate of drug-likeness (QED) is 0.822. The molecule has 0 aromatic carbocycles. The van der Waals surface area contributed by atoms with E-state index in [4.69, 9.17) is 23.1 Å². The summed E-state index contributed by atoms with van der Waals surface area (Å²) >= 11 is 12.7. The minimum absolute atomic E-state index is 0.350. The highest BCUT2D eigenvalue weighted by Gasteiger charge is 2.17. The SMILES string of the molecule is Nc1ncc(Cl)cc1C(N)c1ncc(Br)cc1Br. The molecule has 7 heteroatoms. The van der Waals surface area contributed by atoms with E-state index >= 15 is 0 Å². The smallest absolute Gasteiger partial charge is 0.128 e. The van der Waals surface area contributed by atoms with E-state index in [1.165, 1.54) is 6.20 Å². The Morgan fingerprint density at radius 3 is 2.56 bits per heavy atom. The Hall–Kier alpha value is -0.690. The zero-order chi connectivity index (χ0) is 13.3. The second-order valence-corrected chi connectivity index (χ2v) is 5.83. The van der Waals surface area contributed by atoms with Gasteiger partial charge in [-0.1, -0.05) is 11.6 Å². The van der Waals surface area contributed by atoms with Gasteiger partial charge < -0.3 is 11.5 Å². The van der Waals surface area contributed by atoms with Crippen LogP contribution in [0.1, 0.15) is 17.3 Å². The molecular weight excluding hydrogens is 383 g/mol. The van der Waals surface area contributed by atoms with Crippen molar-refractivity contribution in [3.63, 3.8) is 0 Å². The van der Waals surface area contributed by atoms with Crippen LogP contribution in [0.4, 0.5) is 5.82 Å². The zero-order valence-corrected chi connectivity index (χ0v) is 13.0. The molecule has 0 saturated carbocycles. The number of nitrogens with zero attached hydrogens (tertiary/aromatic N) is 2. The summed E-state index contributed by atoms with van der Waals surface area (Å²) in [4.78, 5) is 8.27. The summed E-state index contributed by atoms with van der Waals surface area (Å²) in [5.74, 6) is 0.350. The van der Waals surface area contributed by atoms with Crippen molar-refractivity contribution in [1.29, 1.82) is 0 Å². The van der Waals surface area contributed by atoms with Crippen LogP contribution in [0.2, 0.25) is 5.02 Å². The predicted molar refractivity (Wildman–Crippen MR) is 79.3 cm³/mol. The highest BCUT2D eigenvalue weighted by molar-refractivity contribution is 9.11. The first kappa shape index (κ1) is 13.7. The van der Waals surface area contributed by atoms with Crippen molar-refractivity contribution in [3.05, 3.63) is 49.8 Å². The second-order valence-electron chi connectivity index (χ2n) is 3.63. The van der Waals surface area contributed by atoms with Crippen molar-refractivity contribution in [2.75, 3.05) is 5.73 Å². The number of pyridine rings is 2. The van der Waals surface area contributed by atoms with Gasteiger partial charge >= 0.3 is 0 Å². The monoisotopic (exact) mass is 390 g/mol. The number of nitrogen functional groups attached to an aromatic ring is 1. The van der Waals surface area contributed by atoms with Gasteiger partial charge in [-0.15, -0.1) is 0 Å². The molecule has 1 atom stereocenters. The lowest BCUT2D eigenvalue weighted by Gasteiger charge is -2.15. The lowest BCUT2D eigenvalue weighted by molar-refractivity contribution is 0.819. The van der Waals surface area contributed by atoms with E-state index in [1.54, 1.807) is 12.3 Å². The molecule has 18 heavy (non-hydrogen) atoms. The van der Waals surface area contributed by atoms with Crippen LogP contribution in [0.15, 0.2) is 33.5 Å². The Bertz CT molecular complexity index is 591. The van der Waals surface area contributed by atoms with Crippen molar-refractivity contribution >= 4 is 49.3 Å². The molecule has 1 unspecified atom stereocenters. The van der Waals surface area contributed by atoms with Gasteiger partial charge in [0.1, 0.15) is 5.82 Å². The molecule has 0 radical (unpaired) electrons. The van der Waals surface area contributed by atoms with Gasteiger partial charge in [-0.05, 0) is 44.0 Å². The van der Waals surface area contributed by atoms with Gasteiger partial charge in [0.05, 0.1) is 16.8 Å². The van der Waals surface area contributed by atoms with Crippen LogP contribution in [0, 0.1) is 0 Å². The van der Waals surface area contributed by atoms with Gasteiger partial charge in [0, 0.05) is 26.9 Å². The summed E-state index contributed by atoms with van der Waals surface area (Å²) in [5, 5.41) is 0.489. The Morgan fingerprint density at radius 2 is 1.89 bits per heavy atom. The van der Waals surface area contributed by atoms with Crippen LogP contribution in [0.25, 0.3) is 0 Å². The largest absolute Gasteiger partial charge is 0.383 e. The van der Waals surface area contributed by atoms with Crippen LogP contribution >= 0.6 is 43.5 Å². The summed E-state index contributed by atoms with van der Waals surface area (Å²) in [6.07, 6.45) is 3.16. The van der Waals surface area contributed by atoms with E-state index in [0.29, 0.717) is 22.1 Å². The van der Waals surface area contributed by atoms with Crippen molar-refractivity contribution in [1.82, 2.24) is 9.97 Å². The van der Waals surface area contributed by atoms with E-state index < -0.39 is 6.04 Å². The lowest BCUT2D eigenvalue weighted by atomic mass is 10.1. The third kappa shape index (κ3) is 2.83. The second kappa shape index (κ2) is 5.52. The lowest BCUT2D eigenvalue weighted by Crippen LogP contribution is -2.16. The molecule has 0 saturated heterocycles. The Labute approximate surface area is 126 Å². The number of hydrogen-bond donors (Lipinski definition) is 2. The molecule has 2 rings (SSSR count). The van der Waals surface area contributed by atoms with Crippen LogP contribution in [-0.2, 0) is 0 Å². The van der Waals surface area contributed by atoms with E-state index in [1.807, 2.05) is 6.07 Å². The number of anilines is 1. The fourth-order valence-corrected chi connectivity index (χ4v) is 2.92. The number of aromatic nitrogens is 2. The van der Waals surface area contributed by atoms with Crippen LogP contribution in [0.3, 0.4) is 0 Å². The van der Waals surface area contributed by atoms with Gasteiger partial charge in [0.2, 0.25) is 0 Å². The van der Waals surface area contributed by atoms with Gasteiger partial charge in [0.25, 0.3) is 0 Å². The third-order valence-electron chi connectivity index (χ3n) is 2.38. The normalized spacial score (nSPS) is 12.4. The van der Waals surface area contributed by atoms with E-state index in [-0.39, 0.29) is 0 Å². The molecule has 0 bridgehead atoms. The summed E-state index contributed by atoms with van der Waals surface area (Å²) < 4.78 is 1.66. The molecule has 2 aromatic rings. The van der Waals surface area contributed by atoms with Gasteiger partial charge in [-0.2, -0.15) is 0 Å². The molecule has 0 spiro atoms. The summed E-state index contributed by atoms with van der Waals surface area (Å²) in [6.45, 7) is 0. The molecular formula is C11H9Br2ClN4. The number of nitrogens with two attached hydrogens (primary N) is 2. The minimum atomic E-state index is -0.487. The molecule has 0 aliphatic carbocycles. The molecule has 0 fully saturated rings. The van der Waals surface area contributed by atoms with Gasteiger partial charge in [-0.25, -0.2) is 4.98 Å². The average molecular weight is 392 g/mol. The molecule has 2 aromatic heterocycles. The summed E-state index contributed by atoms with van der Waals surface area (Å²) in [6, 6.07) is 3.08. The molecule has 0 aliphatic rings. The Balaban J connectivity index is 2.47. The Morgan fingerprint density at radius 1 is 1.17 bits per heavy atom. The molecule has 0 aliphatic heterocycles. The maximum absolute atomic E-state index is 6.15. The van der Waals surface area contributed by atoms with E-state index in [9.17, 15) is 0 Å². The maximum atomic E-state index is 6.15. The highest BCUT2D eigenvalue weighted by atomic mass is 79.9. The number of rotatable bonds is 2. The van der Waals surface area contributed by atoms with Crippen molar-refractivity contribution in [2.24, 2.45) is 5.73 Å². The average Bonchev–Trinajstić information content (AvgIpc) is 2.31. The van der Waals surface area contributed by atoms with Crippen molar-refractivity contribution < 1.29 is 0 Å². The summed E-state index contributed by atoms with van der Waals surface area (Å²) in [5.41, 5.74) is 13.3. The maximum Gasteiger partial charge on any atom is 0.128 e. The predicted octanol–water partition coefficient (Wildman–Crippen LogP) is 3.29. The topological polar surface area (TPSA) is 77.8 Å². The van der Waals surface area contributed by atoms with Crippen LogP contribution in [0.5, 0.6) is 0 Å². The minimum Gasteiger partial charge on any atom is -0.383 e. The first-order valence-corrected chi connectivity index (χ1v) is 6.93. The molecule has 0 amide bonds. The van der Waals surface area contributed by atoms with Gasteiger partial charge in [-0.3, -0.25) is 4.98 Å². The van der Waals surface area contributed by atoms with Crippen LogP contribution < -0.4 is 11.5 Å². The van der Waals surface area contributed by atoms with Crippen molar-refractivity contribution in [2.45, 2.75) is 6.04 Å². The molecule has 4 N–H and O–H groups in total. The standard InChI is InChI=1S/C11H9Br2ClN4/c12-5-1-8(13)10(17-3-5)9(15)7-2-6(14)4-18-11(7)16/h1-4,9H,15H2,(H2,16,18). The molecule has 2 heterocycles. The molecule has 4 nitrogen and oxygen atoms in total. The zero-order valence-electron chi connectivity index (χ0n) is 9.07. The van der Waals surface area contributed by atoms with Crippen molar-refractivity contribution in [3.8, 4) is 0 Å². The molecule has 94 valence electrons. The Kier molecular flexibility index (Phi) is 4.21. The third-order valence-corrected chi connectivity index (χ3v) is 3.66. The fraction of sp³-hybridized carbons (Fsp3) is 0.0909. The van der Waals surface area contributed by atoms with E-state index in [2.05, 4.69) is 41.8 Å². The van der Waals surface area contributed by atoms with Crippen LogP contribution in [-0.4, -0.2) is 9.97 Å². The number of halogens is 3. The first-order valence-electron chi connectivity index (χ1n) is 4.96.